The van der Waals surface area contributed by atoms with E-state index in [-0.39, 0.29) is 75.6 Å². The van der Waals surface area contributed by atoms with E-state index in [2.05, 4.69) is 10.2 Å². The molecule has 3 aromatic rings. The van der Waals surface area contributed by atoms with Gasteiger partial charge in [0, 0.05) is 5.39 Å². The van der Waals surface area contributed by atoms with E-state index in [1.54, 1.807) is 25.1 Å². The Balaban J connectivity index is 0.00000256. The van der Waals surface area contributed by atoms with Gasteiger partial charge in [0.15, 0.2) is 5.75 Å². The Labute approximate surface area is 228 Å². The fourth-order valence-electron chi connectivity index (χ4n) is 2.86. The van der Waals surface area contributed by atoms with Crippen LogP contribution in [0.2, 0.25) is 0 Å². The molecule has 158 valence electrons. The minimum atomic E-state index is -4.88. The van der Waals surface area contributed by atoms with Crippen LogP contribution in [0.5, 0.6) is 11.5 Å². The minimum Gasteiger partial charge on any atom is -0.505 e. The average molecular weight is 498 g/mol. The van der Waals surface area contributed by atoms with Crippen molar-refractivity contribution in [3.05, 3.63) is 48.0 Å². The Morgan fingerprint density at radius 2 is 1.50 bits per heavy atom. The van der Waals surface area contributed by atoms with Crippen LogP contribution in [0.25, 0.3) is 10.8 Å². The van der Waals surface area contributed by atoms with Gasteiger partial charge in [-0.3, -0.25) is 9.11 Å². The van der Waals surface area contributed by atoms with Crippen molar-refractivity contribution in [3.8, 4) is 11.5 Å². The molecule has 10 nitrogen and oxygen atoms in total. The van der Waals surface area contributed by atoms with E-state index >= 15 is 0 Å². The summed E-state index contributed by atoms with van der Waals surface area (Å²) in [6.07, 6.45) is 0. The SMILES string of the molecule is COc1ccc(C)cc1N=Nc1c(S(=O)(=O)O)cc2cccc(S(=O)(=O)O)c2c1O.[Na+].[Na+]. The molecule has 0 saturated heterocycles. The molecule has 0 spiro atoms. The second-order valence-electron chi connectivity index (χ2n) is 6.25. The monoisotopic (exact) mass is 498 g/mol. The molecule has 3 aromatic carbocycles. The van der Waals surface area contributed by atoms with Crippen LogP contribution in [0.3, 0.4) is 0 Å². The number of rotatable bonds is 5. The molecule has 0 amide bonds. The smallest absolute Gasteiger partial charge is 0.505 e. The van der Waals surface area contributed by atoms with E-state index in [4.69, 9.17) is 4.74 Å². The summed E-state index contributed by atoms with van der Waals surface area (Å²) in [4.78, 5) is -1.46. The number of nitrogens with zero attached hydrogens (tertiary/aromatic N) is 2. The number of phenolic OH excluding ortho intramolecular Hbond substituents is 1. The van der Waals surface area contributed by atoms with Gasteiger partial charge in [-0.05, 0) is 42.1 Å². The molecule has 0 fully saturated rings. The van der Waals surface area contributed by atoms with Crippen LogP contribution in [0, 0.1) is 6.92 Å². The molecule has 0 saturated carbocycles. The third-order valence-electron chi connectivity index (χ3n) is 4.19. The second kappa shape index (κ2) is 10.9. The number of hydrogen-bond donors (Lipinski definition) is 3. The maximum Gasteiger partial charge on any atom is 1.00 e. The van der Waals surface area contributed by atoms with E-state index in [0.29, 0.717) is 5.75 Å². The molecule has 3 N–H and O–H groups in total. The van der Waals surface area contributed by atoms with E-state index in [1.807, 2.05) is 0 Å². The number of methoxy groups -OCH3 is 1. The molecule has 0 bridgehead atoms. The first-order valence-electron chi connectivity index (χ1n) is 8.23. The third kappa shape index (κ3) is 6.08. The maximum atomic E-state index is 11.9. The predicted octanol–water partition coefficient (Wildman–Crippen LogP) is -2.22. The largest absolute Gasteiger partial charge is 1.00 e. The molecule has 0 radical (unpaired) electrons. The van der Waals surface area contributed by atoms with Crippen molar-refractivity contribution < 1.29 is 94.9 Å². The van der Waals surface area contributed by atoms with Crippen molar-refractivity contribution in [3.63, 3.8) is 0 Å². The Kier molecular flexibility index (Phi) is 9.88. The van der Waals surface area contributed by atoms with Crippen LogP contribution in [-0.4, -0.2) is 38.2 Å². The summed E-state index contributed by atoms with van der Waals surface area (Å²) in [6, 6.07) is 9.39. The summed E-state index contributed by atoms with van der Waals surface area (Å²) in [5, 5.41) is 17.9. The summed E-state index contributed by atoms with van der Waals surface area (Å²) in [5.41, 5.74) is 0.280. The number of hydrogen-bond acceptors (Lipinski definition) is 8. The van der Waals surface area contributed by atoms with Gasteiger partial charge in [-0.1, -0.05) is 18.2 Å². The van der Waals surface area contributed by atoms with Crippen LogP contribution in [0.15, 0.2) is 62.5 Å². The van der Waals surface area contributed by atoms with Gasteiger partial charge in [-0.15, -0.1) is 10.2 Å². The van der Waals surface area contributed by atoms with Crippen LogP contribution in [0.4, 0.5) is 11.4 Å². The minimum absolute atomic E-state index is 0. The molecular formula is C18H16N2Na2O8S2+2. The van der Waals surface area contributed by atoms with Crippen molar-refractivity contribution in [1.29, 1.82) is 0 Å². The van der Waals surface area contributed by atoms with Crippen LogP contribution < -0.4 is 63.9 Å². The van der Waals surface area contributed by atoms with Gasteiger partial charge in [0.05, 0.1) is 7.11 Å². The van der Waals surface area contributed by atoms with E-state index < -0.39 is 41.5 Å². The van der Waals surface area contributed by atoms with E-state index in [9.17, 15) is 31.0 Å². The second-order valence-corrected chi connectivity index (χ2v) is 9.03. The maximum absolute atomic E-state index is 11.9. The quantitative estimate of drug-likeness (QED) is 0.202. The number of benzene rings is 3. The molecule has 3 rings (SSSR count). The molecule has 0 aliphatic rings. The fourth-order valence-corrected chi connectivity index (χ4v) is 4.24. The number of fused-ring (bicyclic) bond motifs is 1. The molecule has 0 aromatic heterocycles. The zero-order valence-electron chi connectivity index (χ0n) is 17.6. The zero-order chi connectivity index (χ0) is 22.3. The Morgan fingerprint density at radius 3 is 2.06 bits per heavy atom. The summed E-state index contributed by atoms with van der Waals surface area (Å²) < 4.78 is 71.3. The molecule has 0 heterocycles. The summed E-state index contributed by atoms with van der Waals surface area (Å²) >= 11 is 0. The Bertz CT molecular complexity index is 1410. The first-order valence-corrected chi connectivity index (χ1v) is 11.1. The molecular weight excluding hydrogens is 482 g/mol. The molecule has 32 heavy (non-hydrogen) atoms. The van der Waals surface area contributed by atoms with Crippen LogP contribution >= 0.6 is 0 Å². The van der Waals surface area contributed by atoms with Gasteiger partial charge in [0.2, 0.25) is 0 Å². The van der Waals surface area contributed by atoms with Crippen LogP contribution in [-0.2, 0) is 20.2 Å². The molecule has 0 aliphatic carbocycles. The topological polar surface area (TPSA) is 163 Å². The molecule has 0 unspecified atom stereocenters. The van der Waals surface area contributed by atoms with Gasteiger partial charge in [-0.25, -0.2) is 0 Å². The summed E-state index contributed by atoms with van der Waals surface area (Å²) in [5.74, 6) is -0.597. The van der Waals surface area contributed by atoms with Crippen molar-refractivity contribution in [1.82, 2.24) is 0 Å². The third-order valence-corrected chi connectivity index (χ3v) is 5.95. The molecule has 0 aliphatic heterocycles. The van der Waals surface area contributed by atoms with Crippen molar-refractivity contribution in [2.75, 3.05) is 7.11 Å². The van der Waals surface area contributed by atoms with Crippen LogP contribution in [0.1, 0.15) is 5.56 Å². The van der Waals surface area contributed by atoms with Crippen molar-refractivity contribution in [2.45, 2.75) is 16.7 Å². The van der Waals surface area contributed by atoms with Crippen molar-refractivity contribution in [2.24, 2.45) is 10.2 Å². The molecule has 14 heteroatoms. The summed E-state index contributed by atoms with van der Waals surface area (Å²) in [6.45, 7) is 1.77. The van der Waals surface area contributed by atoms with E-state index in [0.717, 1.165) is 17.7 Å². The zero-order valence-corrected chi connectivity index (χ0v) is 23.3. The normalized spacial score (nSPS) is 11.8. The predicted molar refractivity (Wildman–Crippen MR) is 107 cm³/mol. The Morgan fingerprint density at radius 1 is 0.875 bits per heavy atom. The van der Waals surface area contributed by atoms with Gasteiger partial charge in [-0.2, -0.15) is 16.8 Å². The van der Waals surface area contributed by atoms with E-state index in [1.165, 1.54) is 19.2 Å². The van der Waals surface area contributed by atoms with Gasteiger partial charge in [0.1, 0.15) is 26.9 Å². The number of phenols is 1. The fraction of sp³-hybridized carbons (Fsp3) is 0.111. The standard InChI is InChI=1S/C18H16N2O8S2.2Na/c1-10-6-7-13(28-2)12(8-10)19-20-17-15(30(25,26)27)9-11-4-3-5-14(29(22,23)24)16(11)18(17)21;;/h3-9,21H,1-2H3,(H,22,23,24)(H,25,26,27);;/q;2*+1. The summed E-state index contributed by atoms with van der Waals surface area (Å²) in [7, 11) is -8.26. The van der Waals surface area contributed by atoms with Gasteiger partial charge < -0.3 is 9.84 Å². The first-order chi connectivity index (χ1) is 13.9. The Hall–Kier alpha value is -1.06. The number of ether oxygens (including phenoxy) is 1. The average Bonchev–Trinajstić information content (AvgIpc) is 2.65. The van der Waals surface area contributed by atoms with Crippen molar-refractivity contribution >= 4 is 42.4 Å². The number of azo groups is 1. The van der Waals surface area contributed by atoms with Gasteiger partial charge >= 0.3 is 59.1 Å². The van der Waals surface area contributed by atoms with Gasteiger partial charge in [0.25, 0.3) is 20.2 Å². The molecule has 0 atom stereocenters. The number of aromatic hydroxyl groups is 1. The first kappa shape index (κ1) is 29.0. The number of aryl methyl sites for hydroxylation is 1.